The third kappa shape index (κ3) is 2.85. The van der Waals surface area contributed by atoms with Gasteiger partial charge in [0.15, 0.2) is 0 Å². The van der Waals surface area contributed by atoms with E-state index < -0.39 is 0 Å². The minimum atomic E-state index is 0.0878. The van der Waals surface area contributed by atoms with Crippen molar-refractivity contribution in [3.63, 3.8) is 0 Å². The molecule has 0 bridgehead atoms. The van der Waals surface area contributed by atoms with Crippen molar-refractivity contribution in [3.05, 3.63) is 22.6 Å². The molecule has 2 nitrogen and oxygen atoms in total. The predicted octanol–water partition coefficient (Wildman–Crippen LogP) is 3.32. The van der Waals surface area contributed by atoms with Crippen molar-refractivity contribution in [2.24, 2.45) is 0 Å². The van der Waals surface area contributed by atoms with Crippen LogP contribution in [0.3, 0.4) is 0 Å². The Bertz CT molecular complexity index is 281. The molecule has 0 unspecified atom stereocenters. The van der Waals surface area contributed by atoms with Crippen LogP contribution < -0.4 is 5.32 Å². The Labute approximate surface area is 94.2 Å². The molecule has 80 valence electrons. The SMILES string of the molecule is CCNCCC(C)(C)c1occc1Br. The van der Waals surface area contributed by atoms with E-state index in [2.05, 4.69) is 42.0 Å². The standard InChI is InChI=1S/C11H18BrNO/c1-4-13-7-6-11(2,3)10-9(12)5-8-14-10/h5,8,13H,4,6-7H2,1-3H3. The summed E-state index contributed by atoms with van der Waals surface area (Å²) in [5.41, 5.74) is 0.0878. The van der Waals surface area contributed by atoms with Gasteiger partial charge in [0, 0.05) is 5.41 Å². The molecule has 1 rings (SSSR count). The van der Waals surface area contributed by atoms with E-state index in [0.29, 0.717) is 0 Å². The molecule has 14 heavy (non-hydrogen) atoms. The summed E-state index contributed by atoms with van der Waals surface area (Å²) in [6, 6.07) is 1.95. The smallest absolute Gasteiger partial charge is 0.123 e. The first-order valence-electron chi connectivity index (χ1n) is 5.02. The Kier molecular flexibility index (Phi) is 4.20. The zero-order valence-electron chi connectivity index (χ0n) is 9.06. The van der Waals surface area contributed by atoms with Crippen LogP contribution in [0.15, 0.2) is 21.2 Å². The first-order chi connectivity index (χ1) is 6.58. The summed E-state index contributed by atoms with van der Waals surface area (Å²) in [4.78, 5) is 0. The second kappa shape index (κ2) is 4.99. The summed E-state index contributed by atoms with van der Waals surface area (Å²) in [7, 11) is 0. The molecule has 0 radical (unpaired) electrons. The van der Waals surface area contributed by atoms with Gasteiger partial charge in [0.1, 0.15) is 5.76 Å². The quantitative estimate of drug-likeness (QED) is 0.821. The van der Waals surface area contributed by atoms with Gasteiger partial charge in [-0.25, -0.2) is 0 Å². The average molecular weight is 260 g/mol. The van der Waals surface area contributed by atoms with Gasteiger partial charge in [0.25, 0.3) is 0 Å². The van der Waals surface area contributed by atoms with E-state index in [-0.39, 0.29) is 5.41 Å². The van der Waals surface area contributed by atoms with Crippen LogP contribution in [0.2, 0.25) is 0 Å². The van der Waals surface area contributed by atoms with Crippen molar-refractivity contribution in [1.29, 1.82) is 0 Å². The largest absolute Gasteiger partial charge is 0.468 e. The summed E-state index contributed by atoms with van der Waals surface area (Å²) in [6.45, 7) is 8.57. The lowest BCUT2D eigenvalue weighted by Crippen LogP contribution is -2.25. The topological polar surface area (TPSA) is 25.2 Å². The molecule has 1 aromatic rings. The molecule has 1 aromatic heterocycles. The van der Waals surface area contributed by atoms with E-state index in [0.717, 1.165) is 29.7 Å². The molecule has 0 aliphatic heterocycles. The Balaban J connectivity index is 2.61. The van der Waals surface area contributed by atoms with Crippen molar-refractivity contribution >= 4 is 15.9 Å². The van der Waals surface area contributed by atoms with Crippen molar-refractivity contribution in [2.45, 2.75) is 32.6 Å². The fourth-order valence-corrected chi connectivity index (χ4v) is 2.21. The van der Waals surface area contributed by atoms with Gasteiger partial charge in [-0.2, -0.15) is 0 Å². The van der Waals surface area contributed by atoms with Crippen LogP contribution in [0.4, 0.5) is 0 Å². The highest BCUT2D eigenvalue weighted by molar-refractivity contribution is 9.10. The molecule has 0 saturated heterocycles. The highest BCUT2D eigenvalue weighted by atomic mass is 79.9. The summed E-state index contributed by atoms with van der Waals surface area (Å²) in [6.07, 6.45) is 2.81. The van der Waals surface area contributed by atoms with Crippen LogP contribution in [-0.4, -0.2) is 13.1 Å². The Morgan fingerprint density at radius 3 is 2.71 bits per heavy atom. The van der Waals surface area contributed by atoms with Gasteiger partial charge in [0.05, 0.1) is 10.7 Å². The van der Waals surface area contributed by atoms with Crippen LogP contribution in [0.1, 0.15) is 33.0 Å². The minimum Gasteiger partial charge on any atom is -0.468 e. The second-order valence-corrected chi connectivity index (χ2v) is 4.94. The van der Waals surface area contributed by atoms with Crippen LogP contribution in [0, 0.1) is 0 Å². The van der Waals surface area contributed by atoms with Crippen molar-refractivity contribution in [1.82, 2.24) is 5.32 Å². The molecule has 0 aromatic carbocycles. The number of hydrogen-bond acceptors (Lipinski definition) is 2. The van der Waals surface area contributed by atoms with Gasteiger partial charge < -0.3 is 9.73 Å². The van der Waals surface area contributed by atoms with Crippen LogP contribution in [0.25, 0.3) is 0 Å². The van der Waals surface area contributed by atoms with Crippen LogP contribution in [0.5, 0.6) is 0 Å². The van der Waals surface area contributed by atoms with Crippen molar-refractivity contribution in [2.75, 3.05) is 13.1 Å². The van der Waals surface area contributed by atoms with E-state index in [4.69, 9.17) is 4.42 Å². The number of nitrogens with one attached hydrogen (secondary N) is 1. The molecule has 0 amide bonds. The zero-order valence-corrected chi connectivity index (χ0v) is 10.6. The van der Waals surface area contributed by atoms with E-state index in [1.54, 1.807) is 6.26 Å². The third-order valence-corrected chi connectivity index (χ3v) is 3.03. The predicted molar refractivity (Wildman–Crippen MR) is 62.6 cm³/mol. The number of rotatable bonds is 5. The monoisotopic (exact) mass is 259 g/mol. The lowest BCUT2D eigenvalue weighted by molar-refractivity contribution is 0.357. The average Bonchev–Trinajstić information content (AvgIpc) is 2.52. The molecule has 1 N–H and O–H groups in total. The fraction of sp³-hybridized carbons (Fsp3) is 0.636. The molecule has 0 aliphatic rings. The molecular formula is C11H18BrNO. The minimum absolute atomic E-state index is 0.0878. The molecule has 0 atom stereocenters. The Morgan fingerprint density at radius 2 is 2.21 bits per heavy atom. The third-order valence-electron chi connectivity index (χ3n) is 2.41. The van der Waals surface area contributed by atoms with Gasteiger partial charge in [-0.3, -0.25) is 0 Å². The van der Waals surface area contributed by atoms with Crippen molar-refractivity contribution in [3.8, 4) is 0 Å². The zero-order chi connectivity index (χ0) is 10.6. The van der Waals surface area contributed by atoms with Gasteiger partial charge in [-0.1, -0.05) is 20.8 Å². The highest BCUT2D eigenvalue weighted by Gasteiger charge is 2.25. The summed E-state index contributed by atoms with van der Waals surface area (Å²) < 4.78 is 6.55. The molecule has 3 heteroatoms. The normalized spacial score (nSPS) is 12.0. The van der Waals surface area contributed by atoms with Crippen LogP contribution in [-0.2, 0) is 5.41 Å². The molecule has 0 fully saturated rings. The summed E-state index contributed by atoms with van der Waals surface area (Å²) in [5, 5.41) is 3.33. The van der Waals surface area contributed by atoms with Crippen molar-refractivity contribution < 1.29 is 4.42 Å². The maximum Gasteiger partial charge on any atom is 0.123 e. The summed E-state index contributed by atoms with van der Waals surface area (Å²) >= 11 is 3.50. The van der Waals surface area contributed by atoms with Gasteiger partial charge in [-0.15, -0.1) is 0 Å². The maximum absolute atomic E-state index is 5.49. The first kappa shape index (κ1) is 11.8. The lowest BCUT2D eigenvalue weighted by Gasteiger charge is -2.22. The fourth-order valence-electron chi connectivity index (χ4n) is 1.47. The number of hydrogen-bond donors (Lipinski definition) is 1. The second-order valence-electron chi connectivity index (χ2n) is 4.09. The summed E-state index contributed by atoms with van der Waals surface area (Å²) in [5.74, 6) is 1.04. The lowest BCUT2D eigenvalue weighted by atomic mass is 9.86. The Morgan fingerprint density at radius 1 is 1.50 bits per heavy atom. The number of furan rings is 1. The van der Waals surface area contributed by atoms with Gasteiger partial charge >= 0.3 is 0 Å². The molecule has 0 aliphatic carbocycles. The number of halogens is 1. The molecule has 0 spiro atoms. The highest BCUT2D eigenvalue weighted by Crippen LogP contribution is 2.33. The van der Waals surface area contributed by atoms with E-state index in [9.17, 15) is 0 Å². The molecular weight excluding hydrogens is 242 g/mol. The first-order valence-corrected chi connectivity index (χ1v) is 5.81. The molecule has 0 saturated carbocycles. The van der Waals surface area contributed by atoms with Crippen LogP contribution >= 0.6 is 15.9 Å². The van der Waals surface area contributed by atoms with E-state index in [1.165, 1.54) is 0 Å². The molecule has 1 heterocycles. The van der Waals surface area contributed by atoms with Gasteiger partial charge in [-0.05, 0) is 41.5 Å². The van der Waals surface area contributed by atoms with E-state index >= 15 is 0 Å². The van der Waals surface area contributed by atoms with E-state index in [1.807, 2.05) is 6.07 Å². The van der Waals surface area contributed by atoms with Gasteiger partial charge in [0.2, 0.25) is 0 Å². The Hall–Kier alpha value is -0.280. The maximum atomic E-state index is 5.49.